The molecule has 1 aliphatic rings. The van der Waals surface area contributed by atoms with E-state index in [0.717, 1.165) is 19.0 Å². The van der Waals surface area contributed by atoms with Crippen molar-refractivity contribution in [1.82, 2.24) is 4.90 Å². The van der Waals surface area contributed by atoms with Crippen molar-refractivity contribution in [2.75, 3.05) is 19.6 Å². The van der Waals surface area contributed by atoms with Crippen LogP contribution in [0.25, 0.3) is 0 Å². The normalized spacial score (nSPS) is 17.9. The zero-order valence-electron chi connectivity index (χ0n) is 14.8. The first kappa shape index (κ1) is 19.9. The Morgan fingerprint density at radius 2 is 1.32 bits per heavy atom. The van der Waals surface area contributed by atoms with Crippen molar-refractivity contribution in [3.8, 4) is 0 Å². The number of likely N-dealkylation sites (tertiary alicyclic amines) is 1. The number of hydrogen-bond acceptors (Lipinski definition) is 1. The number of unbranched alkanes of at least 4 members (excludes halogenated alkanes) is 7. The van der Waals surface area contributed by atoms with Gasteiger partial charge >= 0.3 is 0 Å². The molecule has 1 saturated heterocycles. The maximum absolute atomic E-state index is 12.4. The Morgan fingerprint density at radius 3 is 1.82 bits per heavy atom. The lowest BCUT2D eigenvalue weighted by molar-refractivity contribution is -0.000551. The van der Waals surface area contributed by atoms with Crippen molar-refractivity contribution < 1.29 is 8.78 Å². The SMILES string of the molecule is CCCCCCCC(CCCCCC)C1CN(CC(F)F)C1. The standard InChI is InChI=1S/C19H37F2N/c1-3-5-7-9-11-13-17(12-10-8-6-4-2)18-14-22(15-18)16-19(20)21/h17-19H,3-16H2,1-2H3. The minimum Gasteiger partial charge on any atom is -0.297 e. The van der Waals surface area contributed by atoms with Gasteiger partial charge in [-0.25, -0.2) is 8.78 Å². The van der Waals surface area contributed by atoms with Crippen LogP contribution in [-0.2, 0) is 0 Å². The molecule has 1 rings (SSSR count). The van der Waals surface area contributed by atoms with Crippen LogP contribution in [0.3, 0.4) is 0 Å². The molecule has 1 unspecified atom stereocenters. The zero-order valence-corrected chi connectivity index (χ0v) is 14.8. The Hall–Kier alpha value is -0.180. The van der Waals surface area contributed by atoms with E-state index in [0.29, 0.717) is 5.92 Å². The van der Waals surface area contributed by atoms with Gasteiger partial charge in [0.1, 0.15) is 0 Å². The molecule has 0 aromatic heterocycles. The van der Waals surface area contributed by atoms with Gasteiger partial charge in [-0.1, -0.05) is 84.5 Å². The van der Waals surface area contributed by atoms with Gasteiger partial charge in [-0.15, -0.1) is 0 Å². The Bertz CT molecular complexity index is 252. The number of halogens is 2. The lowest BCUT2D eigenvalue weighted by atomic mass is 9.79. The van der Waals surface area contributed by atoms with Gasteiger partial charge in [-0.3, -0.25) is 4.90 Å². The lowest BCUT2D eigenvalue weighted by Crippen LogP contribution is -2.51. The summed E-state index contributed by atoms with van der Waals surface area (Å²) in [5, 5.41) is 0. The second-order valence-corrected chi connectivity index (χ2v) is 7.18. The Balaban J connectivity index is 2.22. The molecule has 1 heterocycles. The van der Waals surface area contributed by atoms with E-state index in [9.17, 15) is 8.78 Å². The topological polar surface area (TPSA) is 3.24 Å². The predicted molar refractivity (Wildman–Crippen MR) is 91.6 cm³/mol. The van der Waals surface area contributed by atoms with Crippen LogP contribution in [0.2, 0.25) is 0 Å². The highest BCUT2D eigenvalue weighted by Crippen LogP contribution is 2.32. The summed E-state index contributed by atoms with van der Waals surface area (Å²) in [4.78, 5) is 1.94. The molecule has 22 heavy (non-hydrogen) atoms. The fourth-order valence-corrected chi connectivity index (χ4v) is 3.71. The third kappa shape index (κ3) is 8.45. The Kier molecular flexibility index (Phi) is 11.1. The fourth-order valence-electron chi connectivity index (χ4n) is 3.71. The minimum atomic E-state index is -2.17. The molecule has 1 fully saturated rings. The van der Waals surface area contributed by atoms with Crippen LogP contribution < -0.4 is 0 Å². The van der Waals surface area contributed by atoms with E-state index >= 15 is 0 Å². The first-order chi connectivity index (χ1) is 10.7. The molecule has 0 amide bonds. The van der Waals surface area contributed by atoms with E-state index in [-0.39, 0.29) is 6.54 Å². The summed E-state index contributed by atoms with van der Waals surface area (Å²) in [6.07, 6.45) is 12.5. The van der Waals surface area contributed by atoms with Crippen molar-refractivity contribution in [3.63, 3.8) is 0 Å². The van der Waals surface area contributed by atoms with Crippen LogP contribution in [-0.4, -0.2) is 31.0 Å². The molecule has 0 spiro atoms. The first-order valence-electron chi connectivity index (χ1n) is 9.67. The van der Waals surface area contributed by atoms with Gasteiger partial charge in [0.05, 0.1) is 6.54 Å². The summed E-state index contributed by atoms with van der Waals surface area (Å²) in [7, 11) is 0. The molecule has 3 heteroatoms. The van der Waals surface area contributed by atoms with E-state index < -0.39 is 6.43 Å². The minimum absolute atomic E-state index is 0.0183. The largest absolute Gasteiger partial charge is 0.297 e. The van der Waals surface area contributed by atoms with Crippen LogP contribution >= 0.6 is 0 Å². The maximum atomic E-state index is 12.4. The molecular formula is C19H37F2N. The molecular weight excluding hydrogens is 280 g/mol. The average Bonchev–Trinajstić information content (AvgIpc) is 2.44. The number of alkyl halides is 2. The summed E-state index contributed by atoms with van der Waals surface area (Å²) in [5.41, 5.74) is 0. The van der Waals surface area contributed by atoms with E-state index in [2.05, 4.69) is 13.8 Å². The third-order valence-electron chi connectivity index (χ3n) is 5.16. The van der Waals surface area contributed by atoms with Gasteiger partial charge < -0.3 is 0 Å². The fraction of sp³-hybridized carbons (Fsp3) is 1.00. The highest BCUT2D eigenvalue weighted by molar-refractivity contribution is 4.85. The van der Waals surface area contributed by atoms with E-state index in [1.54, 1.807) is 0 Å². The molecule has 0 aliphatic carbocycles. The molecule has 0 aromatic carbocycles. The summed E-state index contributed by atoms with van der Waals surface area (Å²) < 4.78 is 24.8. The number of hydrogen-bond donors (Lipinski definition) is 0. The summed E-state index contributed by atoms with van der Waals surface area (Å²) >= 11 is 0. The summed E-state index contributed by atoms with van der Waals surface area (Å²) in [6.45, 7) is 6.31. The van der Waals surface area contributed by atoms with Crippen molar-refractivity contribution in [3.05, 3.63) is 0 Å². The molecule has 1 aliphatic heterocycles. The molecule has 0 bridgehead atoms. The Morgan fingerprint density at radius 1 is 0.818 bits per heavy atom. The predicted octanol–water partition coefficient (Wildman–Crippen LogP) is 6.13. The van der Waals surface area contributed by atoms with Gasteiger partial charge in [0.15, 0.2) is 0 Å². The van der Waals surface area contributed by atoms with Gasteiger partial charge in [0, 0.05) is 13.1 Å². The van der Waals surface area contributed by atoms with Gasteiger partial charge in [-0.05, 0) is 11.8 Å². The van der Waals surface area contributed by atoms with Crippen LogP contribution in [0.4, 0.5) is 8.78 Å². The monoisotopic (exact) mass is 317 g/mol. The highest BCUT2D eigenvalue weighted by atomic mass is 19.3. The number of rotatable bonds is 14. The lowest BCUT2D eigenvalue weighted by Gasteiger charge is -2.43. The van der Waals surface area contributed by atoms with Gasteiger partial charge in [-0.2, -0.15) is 0 Å². The second kappa shape index (κ2) is 12.3. The van der Waals surface area contributed by atoms with Gasteiger partial charge in [0.2, 0.25) is 0 Å². The highest BCUT2D eigenvalue weighted by Gasteiger charge is 2.33. The van der Waals surface area contributed by atoms with Crippen molar-refractivity contribution in [1.29, 1.82) is 0 Å². The molecule has 0 radical (unpaired) electrons. The van der Waals surface area contributed by atoms with Crippen molar-refractivity contribution in [2.24, 2.45) is 11.8 Å². The van der Waals surface area contributed by atoms with Gasteiger partial charge in [0.25, 0.3) is 6.43 Å². The van der Waals surface area contributed by atoms with Crippen LogP contribution in [0.15, 0.2) is 0 Å². The van der Waals surface area contributed by atoms with E-state index in [4.69, 9.17) is 0 Å². The molecule has 132 valence electrons. The van der Waals surface area contributed by atoms with E-state index in [1.165, 1.54) is 70.6 Å². The van der Waals surface area contributed by atoms with Crippen LogP contribution in [0.1, 0.15) is 84.5 Å². The summed E-state index contributed by atoms with van der Waals surface area (Å²) in [5.74, 6) is 1.47. The molecule has 0 aromatic rings. The van der Waals surface area contributed by atoms with Crippen LogP contribution in [0, 0.1) is 11.8 Å². The number of nitrogens with zero attached hydrogens (tertiary/aromatic N) is 1. The maximum Gasteiger partial charge on any atom is 0.251 e. The quantitative estimate of drug-likeness (QED) is 0.348. The van der Waals surface area contributed by atoms with Crippen LogP contribution in [0.5, 0.6) is 0 Å². The van der Waals surface area contributed by atoms with Crippen molar-refractivity contribution >= 4 is 0 Å². The molecule has 0 saturated carbocycles. The summed E-state index contributed by atoms with van der Waals surface area (Å²) in [6, 6.07) is 0. The third-order valence-corrected chi connectivity index (χ3v) is 5.16. The second-order valence-electron chi connectivity index (χ2n) is 7.18. The average molecular weight is 318 g/mol. The van der Waals surface area contributed by atoms with E-state index in [1.807, 2.05) is 4.90 Å². The smallest absolute Gasteiger partial charge is 0.251 e. The zero-order chi connectivity index (χ0) is 16.2. The van der Waals surface area contributed by atoms with Crippen molar-refractivity contribution in [2.45, 2.75) is 90.9 Å². The molecule has 0 N–H and O–H groups in total. The molecule has 1 nitrogen and oxygen atoms in total. The molecule has 1 atom stereocenters. The first-order valence-corrected chi connectivity index (χ1v) is 9.67. The Labute approximate surface area is 136 Å².